The van der Waals surface area contributed by atoms with E-state index in [1.807, 2.05) is 4.68 Å². The highest BCUT2D eigenvalue weighted by molar-refractivity contribution is 5.75. The van der Waals surface area contributed by atoms with Crippen LogP contribution in [0.3, 0.4) is 0 Å². The van der Waals surface area contributed by atoms with Gasteiger partial charge in [-0.1, -0.05) is 30.3 Å². The second-order valence-corrected chi connectivity index (χ2v) is 6.81. The van der Waals surface area contributed by atoms with E-state index in [2.05, 4.69) is 52.2 Å². The van der Waals surface area contributed by atoms with Gasteiger partial charge >= 0.3 is 0 Å². The molecule has 3 rings (SSSR count). The van der Waals surface area contributed by atoms with Gasteiger partial charge in [-0.3, -0.25) is 14.4 Å². The Balaban J connectivity index is 1.53. The standard InChI is InChI=1S/C19H27N5O/c1-2-24-19(21-18(22-24)13-17(20)25)12-15-8-10-23(11-9-15)14-16-6-4-3-5-7-16/h3-7,15H,2,8-14H2,1H3,(H2,20,25). The number of piperidine rings is 1. The van der Waals surface area contributed by atoms with Crippen LogP contribution in [0, 0.1) is 5.92 Å². The molecule has 1 saturated heterocycles. The molecule has 0 aliphatic carbocycles. The minimum atomic E-state index is -0.381. The van der Waals surface area contributed by atoms with E-state index in [4.69, 9.17) is 5.73 Å². The van der Waals surface area contributed by atoms with Crippen LogP contribution in [0.5, 0.6) is 0 Å². The quantitative estimate of drug-likeness (QED) is 0.833. The number of hydrogen-bond acceptors (Lipinski definition) is 4. The summed E-state index contributed by atoms with van der Waals surface area (Å²) in [6.45, 7) is 6.09. The average molecular weight is 341 g/mol. The molecule has 6 heteroatoms. The molecule has 1 fully saturated rings. The zero-order valence-electron chi connectivity index (χ0n) is 14.9. The number of carbonyl (C=O) groups excluding carboxylic acids is 1. The Morgan fingerprint density at radius 3 is 2.60 bits per heavy atom. The molecule has 0 radical (unpaired) electrons. The molecule has 0 saturated carbocycles. The molecular weight excluding hydrogens is 314 g/mol. The molecule has 0 spiro atoms. The van der Waals surface area contributed by atoms with Gasteiger partial charge in [-0.05, 0) is 44.3 Å². The highest BCUT2D eigenvalue weighted by Crippen LogP contribution is 2.22. The Labute approximate surface area is 149 Å². The fraction of sp³-hybridized carbons (Fsp3) is 0.526. The lowest BCUT2D eigenvalue weighted by molar-refractivity contribution is -0.117. The van der Waals surface area contributed by atoms with E-state index in [0.717, 1.165) is 38.4 Å². The zero-order chi connectivity index (χ0) is 17.6. The number of aryl methyl sites for hydroxylation is 1. The number of benzene rings is 1. The van der Waals surface area contributed by atoms with Crippen LogP contribution in [0.2, 0.25) is 0 Å². The van der Waals surface area contributed by atoms with Crippen LogP contribution in [0.25, 0.3) is 0 Å². The van der Waals surface area contributed by atoms with Crippen molar-refractivity contribution in [2.75, 3.05) is 13.1 Å². The predicted molar refractivity (Wildman–Crippen MR) is 96.7 cm³/mol. The van der Waals surface area contributed by atoms with Gasteiger partial charge in [0.25, 0.3) is 0 Å². The minimum absolute atomic E-state index is 0.121. The van der Waals surface area contributed by atoms with E-state index in [9.17, 15) is 4.79 Å². The van der Waals surface area contributed by atoms with Crippen molar-refractivity contribution in [1.82, 2.24) is 19.7 Å². The monoisotopic (exact) mass is 341 g/mol. The van der Waals surface area contributed by atoms with E-state index >= 15 is 0 Å². The third kappa shape index (κ3) is 4.89. The molecule has 1 aromatic heterocycles. The van der Waals surface area contributed by atoms with Crippen LogP contribution >= 0.6 is 0 Å². The summed E-state index contributed by atoms with van der Waals surface area (Å²) in [7, 11) is 0. The van der Waals surface area contributed by atoms with Crippen molar-refractivity contribution in [2.45, 2.75) is 45.7 Å². The van der Waals surface area contributed by atoms with Gasteiger partial charge in [-0.15, -0.1) is 0 Å². The molecule has 2 N–H and O–H groups in total. The molecule has 0 bridgehead atoms. The molecule has 1 aliphatic heterocycles. The maximum Gasteiger partial charge on any atom is 0.225 e. The smallest absolute Gasteiger partial charge is 0.225 e. The second kappa shape index (κ2) is 8.25. The van der Waals surface area contributed by atoms with Gasteiger partial charge in [0.2, 0.25) is 5.91 Å². The first kappa shape index (κ1) is 17.6. The number of hydrogen-bond donors (Lipinski definition) is 1. The summed E-state index contributed by atoms with van der Waals surface area (Å²) < 4.78 is 1.91. The number of nitrogens with zero attached hydrogens (tertiary/aromatic N) is 4. The Kier molecular flexibility index (Phi) is 5.81. The molecule has 134 valence electrons. The van der Waals surface area contributed by atoms with E-state index in [0.29, 0.717) is 11.7 Å². The number of rotatable bonds is 7. The highest BCUT2D eigenvalue weighted by Gasteiger charge is 2.22. The van der Waals surface area contributed by atoms with Crippen molar-refractivity contribution in [3.05, 3.63) is 47.5 Å². The van der Waals surface area contributed by atoms with Crippen LogP contribution in [0.4, 0.5) is 0 Å². The fourth-order valence-corrected chi connectivity index (χ4v) is 3.51. The zero-order valence-corrected chi connectivity index (χ0v) is 14.9. The molecule has 2 heterocycles. The maximum absolute atomic E-state index is 11.1. The van der Waals surface area contributed by atoms with Crippen molar-refractivity contribution in [3.8, 4) is 0 Å². The molecule has 6 nitrogen and oxygen atoms in total. The molecule has 0 unspecified atom stereocenters. The first-order chi connectivity index (χ1) is 12.1. The number of likely N-dealkylation sites (tertiary alicyclic amines) is 1. The van der Waals surface area contributed by atoms with Crippen LogP contribution < -0.4 is 5.73 Å². The van der Waals surface area contributed by atoms with Crippen LogP contribution in [0.15, 0.2) is 30.3 Å². The number of nitrogens with two attached hydrogens (primary N) is 1. The molecular formula is C19H27N5O. The van der Waals surface area contributed by atoms with Crippen LogP contribution in [-0.4, -0.2) is 38.7 Å². The Bertz CT molecular complexity index is 689. The lowest BCUT2D eigenvalue weighted by Crippen LogP contribution is -2.34. The lowest BCUT2D eigenvalue weighted by Gasteiger charge is -2.31. The van der Waals surface area contributed by atoms with Crippen molar-refractivity contribution >= 4 is 5.91 Å². The minimum Gasteiger partial charge on any atom is -0.369 e. The molecule has 25 heavy (non-hydrogen) atoms. The summed E-state index contributed by atoms with van der Waals surface area (Å²) in [4.78, 5) is 18.1. The number of amides is 1. The average Bonchev–Trinajstić information content (AvgIpc) is 2.98. The van der Waals surface area contributed by atoms with Gasteiger partial charge in [0.1, 0.15) is 5.82 Å². The van der Waals surface area contributed by atoms with Crippen LogP contribution in [-0.2, 0) is 30.7 Å². The third-order valence-corrected chi connectivity index (χ3v) is 4.85. The van der Waals surface area contributed by atoms with Gasteiger partial charge in [-0.2, -0.15) is 5.10 Å². The molecule has 1 amide bonds. The van der Waals surface area contributed by atoms with Gasteiger partial charge in [0.05, 0.1) is 6.42 Å². The summed E-state index contributed by atoms with van der Waals surface area (Å²) in [5, 5.41) is 4.40. The summed E-state index contributed by atoms with van der Waals surface area (Å²) in [6.07, 6.45) is 3.40. The summed E-state index contributed by atoms with van der Waals surface area (Å²) in [5.74, 6) is 1.78. The third-order valence-electron chi connectivity index (χ3n) is 4.85. The van der Waals surface area contributed by atoms with Gasteiger partial charge in [-0.25, -0.2) is 4.98 Å². The predicted octanol–water partition coefficient (Wildman–Crippen LogP) is 1.78. The van der Waals surface area contributed by atoms with Crippen molar-refractivity contribution in [3.63, 3.8) is 0 Å². The van der Waals surface area contributed by atoms with Crippen molar-refractivity contribution in [1.29, 1.82) is 0 Å². The molecule has 0 atom stereocenters. The van der Waals surface area contributed by atoms with Crippen molar-refractivity contribution in [2.24, 2.45) is 11.7 Å². The Hall–Kier alpha value is -2.21. The fourth-order valence-electron chi connectivity index (χ4n) is 3.51. The largest absolute Gasteiger partial charge is 0.369 e. The van der Waals surface area contributed by atoms with Gasteiger partial charge < -0.3 is 5.73 Å². The summed E-state index contributed by atoms with van der Waals surface area (Å²) in [6, 6.07) is 10.6. The topological polar surface area (TPSA) is 77.0 Å². The first-order valence-corrected chi connectivity index (χ1v) is 9.11. The lowest BCUT2D eigenvalue weighted by atomic mass is 9.93. The number of carbonyl (C=O) groups is 1. The number of primary amides is 1. The van der Waals surface area contributed by atoms with Gasteiger partial charge in [0, 0.05) is 19.5 Å². The normalized spacial score (nSPS) is 16.2. The maximum atomic E-state index is 11.1. The molecule has 1 aromatic carbocycles. The Morgan fingerprint density at radius 2 is 1.96 bits per heavy atom. The summed E-state index contributed by atoms with van der Waals surface area (Å²) in [5.41, 5.74) is 6.63. The first-order valence-electron chi connectivity index (χ1n) is 9.11. The van der Waals surface area contributed by atoms with Crippen molar-refractivity contribution < 1.29 is 4.79 Å². The molecule has 1 aliphatic rings. The van der Waals surface area contributed by atoms with Crippen LogP contribution in [0.1, 0.15) is 37.0 Å². The SMILES string of the molecule is CCn1nc(CC(N)=O)nc1CC1CCN(Cc2ccccc2)CC1. The second-order valence-electron chi connectivity index (χ2n) is 6.81. The highest BCUT2D eigenvalue weighted by atomic mass is 16.1. The molecule has 2 aromatic rings. The van der Waals surface area contributed by atoms with E-state index in [1.54, 1.807) is 0 Å². The Morgan fingerprint density at radius 1 is 1.24 bits per heavy atom. The van der Waals surface area contributed by atoms with E-state index < -0.39 is 0 Å². The summed E-state index contributed by atoms with van der Waals surface area (Å²) >= 11 is 0. The van der Waals surface area contributed by atoms with Gasteiger partial charge in [0.15, 0.2) is 5.82 Å². The van der Waals surface area contributed by atoms with E-state index in [1.165, 1.54) is 18.4 Å². The number of aromatic nitrogens is 3. The van der Waals surface area contributed by atoms with E-state index in [-0.39, 0.29) is 12.3 Å².